The number of hydrogen-bond donors (Lipinski definition) is 1. The van der Waals surface area contributed by atoms with E-state index >= 15 is 0 Å². The summed E-state index contributed by atoms with van der Waals surface area (Å²) in [5, 5.41) is 5.08. The van der Waals surface area contributed by atoms with Crippen molar-refractivity contribution in [1.29, 1.82) is 0 Å². The van der Waals surface area contributed by atoms with Gasteiger partial charge in [-0.2, -0.15) is 0 Å². The highest BCUT2D eigenvalue weighted by molar-refractivity contribution is 8.15. The Balaban J connectivity index is 1.94. The van der Waals surface area contributed by atoms with Gasteiger partial charge in [0.15, 0.2) is 5.17 Å². The number of aliphatic imine (C=N–C) groups is 1. The minimum atomic E-state index is 0.660. The molecule has 0 bridgehead atoms. The monoisotopic (exact) mass is 252 g/mol. The van der Waals surface area contributed by atoms with Gasteiger partial charge in [-0.1, -0.05) is 18.7 Å². The van der Waals surface area contributed by atoms with Crippen LogP contribution in [0.5, 0.6) is 0 Å². The van der Waals surface area contributed by atoms with Gasteiger partial charge in [0.2, 0.25) is 0 Å². The van der Waals surface area contributed by atoms with E-state index in [-0.39, 0.29) is 0 Å². The zero-order valence-electron chi connectivity index (χ0n) is 9.56. The number of nitrogens with one attached hydrogen (secondary N) is 1. The van der Waals surface area contributed by atoms with Gasteiger partial charge in [0, 0.05) is 15.8 Å². The predicted molar refractivity (Wildman–Crippen MR) is 75.8 cm³/mol. The lowest BCUT2D eigenvalue weighted by atomic mass is 10.3. The Morgan fingerprint density at radius 3 is 2.75 bits per heavy atom. The first kappa shape index (κ1) is 11.9. The Bertz CT molecular complexity index is 373. The Morgan fingerprint density at radius 2 is 2.19 bits per heavy atom. The number of anilines is 1. The average molecular weight is 252 g/mol. The third-order valence-corrected chi connectivity index (χ3v) is 4.53. The summed E-state index contributed by atoms with van der Waals surface area (Å²) in [6, 6.07) is 8.47. The van der Waals surface area contributed by atoms with Crippen LogP contribution in [0.4, 0.5) is 5.69 Å². The Hall–Kier alpha value is -0.610. The molecule has 0 aliphatic carbocycles. The lowest BCUT2D eigenvalue weighted by Gasteiger charge is -2.07. The van der Waals surface area contributed by atoms with Crippen molar-refractivity contribution >= 4 is 34.4 Å². The van der Waals surface area contributed by atoms with Crippen LogP contribution >= 0.6 is 23.5 Å². The van der Waals surface area contributed by atoms with Crippen molar-refractivity contribution in [3.8, 4) is 0 Å². The molecule has 86 valence electrons. The van der Waals surface area contributed by atoms with Gasteiger partial charge in [-0.05, 0) is 36.9 Å². The fourth-order valence-electron chi connectivity index (χ4n) is 1.50. The van der Waals surface area contributed by atoms with Crippen LogP contribution in [-0.4, -0.2) is 23.2 Å². The number of thioether (sulfide) groups is 2. The molecule has 0 aromatic heterocycles. The van der Waals surface area contributed by atoms with Crippen LogP contribution in [0, 0.1) is 0 Å². The first-order chi connectivity index (χ1) is 7.81. The molecule has 2 nitrogen and oxygen atoms in total. The van der Waals surface area contributed by atoms with Crippen LogP contribution in [0.2, 0.25) is 0 Å². The molecule has 1 aliphatic rings. The van der Waals surface area contributed by atoms with Crippen molar-refractivity contribution in [2.75, 3.05) is 18.1 Å². The van der Waals surface area contributed by atoms with Crippen molar-refractivity contribution < 1.29 is 0 Å². The van der Waals surface area contributed by atoms with E-state index in [1.807, 2.05) is 11.8 Å². The van der Waals surface area contributed by atoms with Gasteiger partial charge < -0.3 is 5.32 Å². The second kappa shape index (κ2) is 5.64. The molecule has 4 heteroatoms. The average Bonchev–Trinajstić information content (AvgIpc) is 2.78. The summed E-state index contributed by atoms with van der Waals surface area (Å²) >= 11 is 3.61. The van der Waals surface area contributed by atoms with E-state index in [1.165, 1.54) is 11.3 Å². The highest BCUT2D eigenvalue weighted by Gasteiger charge is 2.17. The predicted octanol–water partition coefficient (Wildman–Crippen LogP) is 3.70. The number of rotatable bonds is 3. The van der Waals surface area contributed by atoms with Gasteiger partial charge >= 0.3 is 0 Å². The van der Waals surface area contributed by atoms with Crippen molar-refractivity contribution in [2.24, 2.45) is 4.99 Å². The fraction of sp³-hybridized carbons (Fsp3) is 0.417. The number of hydrogen-bond acceptors (Lipinski definition) is 4. The second-order valence-electron chi connectivity index (χ2n) is 3.65. The molecule has 0 saturated carbocycles. The zero-order chi connectivity index (χ0) is 11.4. The summed E-state index contributed by atoms with van der Waals surface area (Å²) in [6.45, 7) is 3.16. The molecule has 0 spiro atoms. The lowest BCUT2D eigenvalue weighted by Crippen LogP contribution is -2.06. The van der Waals surface area contributed by atoms with Gasteiger partial charge in [-0.3, -0.25) is 4.99 Å². The quantitative estimate of drug-likeness (QED) is 0.830. The third-order valence-electron chi connectivity index (χ3n) is 2.51. The summed E-state index contributed by atoms with van der Waals surface area (Å²) < 4.78 is 0. The summed E-state index contributed by atoms with van der Waals surface area (Å²) in [6.07, 6.45) is 3.27. The molecule has 1 N–H and O–H groups in total. The molecule has 0 amide bonds. The van der Waals surface area contributed by atoms with Crippen molar-refractivity contribution in [1.82, 2.24) is 0 Å². The molecule has 0 radical (unpaired) electrons. The van der Waals surface area contributed by atoms with E-state index in [4.69, 9.17) is 0 Å². The molecule has 1 unspecified atom stereocenters. The molecule has 0 saturated heterocycles. The first-order valence-corrected chi connectivity index (χ1v) is 7.54. The SMILES string of the molecule is CCC1CN=C(Nc2ccc(SC)cc2)S1. The molecule has 0 fully saturated rings. The van der Waals surface area contributed by atoms with Gasteiger partial charge in [-0.15, -0.1) is 11.8 Å². The summed E-state index contributed by atoms with van der Waals surface area (Å²) in [4.78, 5) is 5.78. The molecular formula is C12H16N2S2. The first-order valence-electron chi connectivity index (χ1n) is 5.44. The fourth-order valence-corrected chi connectivity index (χ4v) is 2.86. The van der Waals surface area contributed by atoms with Crippen molar-refractivity contribution in [2.45, 2.75) is 23.5 Å². The minimum absolute atomic E-state index is 0.660. The highest BCUT2D eigenvalue weighted by atomic mass is 32.2. The molecule has 16 heavy (non-hydrogen) atoms. The summed E-state index contributed by atoms with van der Waals surface area (Å²) in [5.41, 5.74) is 1.13. The van der Waals surface area contributed by atoms with Crippen molar-refractivity contribution in [3.05, 3.63) is 24.3 Å². The zero-order valence-corrected chi connectivity index (χ0v) is 11.2. The van der Waals surface area contributed by atoms with Crippen LogP contribution in [-0.2, 0) is 0 Å². The van der Waals surface area contributed by atoms with E-state index in [1.54, 1.807) is 11.8 Å². The topological polar surface area (TPSA) is 24.4 Å². The Labute approximate surface area is 105 Å². The Kier molecular flexibility index (Phi) is 4.18. The largest absolute Gasteiger partial charge is 0.335 e. The molecule has 1 aliphatic heterocycles. The van der Waals surface area contributed by atoms with Gasteiger partial charge in [-0.25, -0.2) is 0 Å². The lowest BCUT2D eigenvalue weighted by molar-refractivity contribution is 0.843. The number of amidine groups is 1. The third kappa shape index (κ3) is 2.95. The van der Waals surface area contributed by atoms with Gasteiger partial charge in [0.1, 0.15) is 0 Å². The molecule has 2 rings (SSSR count). The van der Waals surface area contributed by atoms with E-state index in [0.29, 0.717) is 5.25 Å². The van der Waals surface area contributed by atoms with Crippen LogP contribution in [0.1, 0.15) is 13.3 Å². The summed E-state index contributed by atoms with van der Waals surface area (Å²) in [7, 11) is 0. The summed E-state index contributed by atoms with van der Waals surface area (Å²) in [5.74, 6) is 0. The van der Waals surface area contributed by atoms with Crippen LogP contribution in [0.25, 0.3) is 0 Å². The van der Waals surface area contributed by atoms with E-state index in [0.717, 1.165) is 17.4 Å². The van der Waals surface area contributed by atoms with E-state index in [9.17, 15) is 0 Å². The minimum Gasteiger partial charge on any atom is -0.335 e. The number of benzene rings is 1. The maximum Gasteiger partial charge on any atom is 0.161 e. The highest BCUT2D eigenvalue weighted by Crippen LogP contribution is 2.25. The van der Waals surface area contributed by atoms with Gasteiger partial charge in [0.25, 0.3) is 0 Å². The maximum atomic E-state index is 4.49. The molecule has 1 atom stereocenters. The Morgan fingerprint density at radius 1 is 1.44 bits per heavy atom. The standard InChI is InChI=1S/C12H16N2S2/c1-3-10-8-13-12(16-10)14-9-4-6-11(15-2)7-5-9/h4-7,10H,3,8H2,1-2H3,(H,13,14). The van der Waals surface area contributed by atoms with Gasteiger partial charge in [0.05, 0.1) is 6.54 Å². The second-order valence-corrected chi connectivity index (χ2v) is 5.82. The number of nitrogens with zero attached hydrogens (tertiary/aromatic N) is 1. The van der Waals surface area contributed by atoms with Crippen LogP contribution in [0.3, 0.4) is 0 Å². The normalized spacial score (nSPS) is 19.6. The molecule has 1 aromatic rings. The molecular weight excluding hydrogens is 236 g/mol. The maximum absolute atomic E-state index is 4.49. The molecule has 1 aromatic carbocycles. The molecule has 1 heterocycles. The van der Waals surface area contributed by atoms with Crippen LogP contribution < -0.4 is 5.32 Å². The van der Waals surface area contributed by atoms with Crippen molar-refractivity contribution in [3.63, 3.8) is 0 Å². The van der Waals surface area contributed by atoms with E-state index in [2.05, 4.69) is 47.8 Å². The van der Waals surface area contributed by atoms with Crippen LogP contribution in [0.15, 0.2) is 34.2 Å². The smallest absolute Gasteiger partial charge is 0.161 e. The van der Waals surface area contributed by atoms with E-state index < -0.39 is 0 Å².